The Labute approximate surface area is 89.4 Å². The molecule has 2 aromatic rings. The first-order valence-corrected chi connectivity index (χ1v) is 5.71. The van der Waals surface area contributed by atoms with Crippen LogP contribution in [0.4, 0.5) is 0 Å². The highest BCUT2D eigenvalue weighted by molar-refractivity contribution is 7.13. The van der Waals surface area contributed by atoms with Crippen LogP contribution in [0.2, 0.25) is 0 Å². The van der Waals surface area contributed by atoms with Crippen LogP contribution < -0.4 is 0 Å². The Hall–Kier alpha value is -1.15. The van der Waals surface area contributed by atoms with E-state index in [0.717, 1.165) is 5.01 Å². The molecule has 0 saturated carbocycles. The number of aryl methyl sites for hydroxylation is 1. The summed E-state index contributed by atoms with van der Waals surface area (Å²) in [6, 6.07) is 8.43. The summed E-state index contributed by atoms with van der Waals surface area (Å²) in [7, 11) is 0. The summed E-state index contributed by atoms with van der Waals surface area (Å²) in [5, 5.41) is 3.09. The number of hydrogen-bond donors (Lipinski definition) is 0. The summed E-state index contributed by atoms with van der Waals surface area (Å²) in [6.07, 6.45) is 1.83. The van der Waals surface area contributed by atoms with Gasteiger partial charge in [0.2, 0.25) is 0 Å². The van der Waals surface area contributed by atoms with Gasteiger partial charge in [0.05, 0.1) is 0 Å². The minimum Gasteiger partial charge on any atom is -0.245 e. The van der Waals surface area contributed by atoms with E-state index in [0.29, 0.717) is 0 Å². The van der Waals surface area contributed by atoms with Crippen LogP contribution in [-0.4, -0.2) is 4.98 Å². The highest BCUT2D eigenvalue weighted by atomic mass is 32.1. The summed E-state index contributed by atoms with van der Waals surface area (Å²) >= 11 is 1.67. The number of aromatic nitrogens is 1. The Balaban J connectivity index is 0.000000461. The van der Waals surface area contributed by atoms with Crippen molar-refractivity contribution in [3.8, 4) is 10.6 Å². The summed E-state index contributed by atoms with van der Waals surface area (Å²) in [5.74, 6) is 0. The van der Waals surface area contributed by atoms with E-state index in [9.17, 15) is 0 Å². The largest absolute Gasteiger partial charge is 0.245 e. The predicted octanol–water partition coefficient (Wildman–Crippen LogP) is 4.14. The number of rotatable bonds is 1. The van der Waals surface area contributed by atoms with Gasteiger partial charge in [-0.3, -0.25) is 0 Å². The molecule has 1 nitrogen and oxygen atoms in total. The van der Waals surface area contributed by atoms with Crippen molar-refractivity contribution in [1.82, 2.24) is 4.98 Å². The van der Waals surface area contributed by atoms with Crippen LogP contribution in [0.15, 0.2) is 35.8 Å². The predicted molar refractivity (Wildman–Crippen MR) is 63.6 cm³/mol. The molecule has 0 bridgehead atoms. The van der Waals surface area contributed by atoms with Crippen LogP contribution in [0.25, 0.3) is 10.6 Å². The average molecular weight is 205 g/mol. The molecular weight excluding hydrogens is 190 g/mol. The Bertz CT molecular complexity index is 348. The summed E-state index contributed by atoms with van der Waals surface area (Å²) in [5.41, 5.74) is 2.49. The minimum atomic E-state index is 1.09. The van der Waals surface area contributed by atoms with E-state index in [1.54, 1.807) is 11.3 Å². The lowest BCUT2D eigenvalue weighted by Gasteiger charge is -1.95. The first kappa shape index (κ1) is 10.9. The molecule has 0 atom stereocenters. The van der Waals surface area contributed by atoms with E-state index in [-0.39, 0.29) is 0 Å². The molecule has 74 valence electrons. The fourth-order valence-corrected chi connectivity index (χ4v) is 1.71. The topological polar surface area (TPSA) is 12.9 Å². The lowest BCUT2D eigenvalue weighted by molar-refractivity contribution is 1.40. The van der Waals surface area contributed by atoms with Crippen molar-refractivity contribution in [2.45, 2.75) is 20.8 Å². The summed E-state index contributed by atoms with van der Waals surface area (Å²) < 4.78 is 0. The molecule has 1 heterocycles. The van der Waals surface area contributed by atoms with Gasteiger partial charge in [-0.15, -0.1) is 11.3 Å². The van der Waals surface area contributed by atoms with Crippen molar-refractivity contribution in [3.63, 3.8) is 0 Å². The third-order valence-electron chi connectivity index (χ3n) is 1.73. The maximum absolute atomic E-state index is 4.23. The minimum absolute atomic E-state index is 1.09. The zero-order valence-corrected chi connectivity index (χ0v) is 9.64. The SMILES string of the molecule is CC.Cc1ccc(-c2nccs2)cc1. The van der Waals surface area contributed by atoms with Gasteiger partial charge < -0.3 is 0 Å². The molecule has 2 heteroatoms. The second kappa shape index (κ2) is 5.55. The standard InChI is InChI=1S/C10H9NS.C2H6/c1-8-2-4-9(5-3-8)10-11-6-7-12-10;1-2/h2-7H,1H3;1-2H3. The molecule has 0 aliphatic rings. The van der Waals surface area contributed by atoms with Crippen LogP contribution in [0.5, 0.6) is 0 Å². The van der Waals surface area contributed by atoms with Gasteiger partial charge in [0.1, 0.15) is 5.01 Å². The third-order valence-corrected chi connectivity index (χ3v) is 2.55. The Morgan fingerprint density at radius 2 is 1.71 bits per heavy atom. The highest BCUT2D eigenvalue weighted by Gasteiger charge is 1.97. The van der Waals surface area contributed by atoms with Crippen molar-refractivity contribution >= 4 is 11.3 Å². The van der Waals surface area contributed by atoms with Gasteiger partial charge in [-0.25, -0.2) is 4.98 Å². The van der Waals surface area contributed by atoms with Crippen molar-refractivity contribution in [3.05, 3.63) is 41.4 Å². The van der Waals surface area contributed by atoms with E-state index >= 15 is 0 Å². The molecule has 0 aliphatic carbocycles. The zero-order chi connectivity index (χ0) is 10.4. The van der Waals surface area contributed by atoms with Crippen molar-refractivity contribution in [2.24, 2.45) is 0 Å². The maximum atomic E-state index is 4.23. The molecule has 0 N–H and O–H groups in total. The molecule has 0 saturated heterocycles. The van der Waals surface area contributed by atoms with Gasteiger partial charge in [-0.2, -0.15) is 0 Å². The molecule has 1 aromatic carbocycles. The van der Waals surface area contributed by atoms with Gasteiger partial charge >= 0.3 is 0 Å². The molecule has 0 aliphatic heterocycles. The Kier molecular flexibility index (Phi) is 4.33. The molecule has 0 fully saturated rings. The molecule has 1 aromatic heterocycles. The van der Waals surface area contributed by atoms with E-state index in [1.165, 1.54) is 11.1 Å². The molecule has 0 radical (unpaired) electrons. The highest BCUT2D eigenvalue weighted by Crippen LogP contribution is 2.21. The van der Waals surface area contributed by atoms with Crippen LogP contribution in [0, 0.1) is 6.92 Å². The monoisotopic (exact) mass is 205 g/mol. The van der Waals surface area contributed by atoms with Gasteiger partial charge in [0, 0.05) is 17.1 Å². The zero-order valence-electron chi connectivity index (χ0n) is 8.82. The normalized spacial score (nSPS) is 9.07. The lowest BCUT2D eigenvalue weighted by atomic mass is 10.2. The fraction of sp³-hybridized carbons (Fsp3) is 0.250. The molecule has 2 rings (SSSR count). The quantitative estimate of drug-likeness (QED) is 0.681. The Morgan fingerprint density at radius 1 is 1.07 bits per heavy atom. The van der Waals surface area contributed by atoms with E-state index in [1.807, 2.05) is 25.4 Å². The number of benzene rings is 1. The van der Waals surface area contributed by atoms with Crippen LogP contribution in [0.1, 0.15) is 19.4 Å². The second-order valence-electron chi connectivity index (χ2n) is 2.70. The van der Waals surface area contributed by atoms with Crippen molar-refractivity contribution < 1.29 is 0 Å². The van der Waals surface area contributed by atoms with Gasteiger partial charge in [0.25, 0.3) is 0 Å². The first-order valence-electron chi connectivity index (χ1n) is 4.83. The van der Waals surface area contributed by atoms with Crippen molar-refractivity contribution in [2.75, 3.05) is 0 Å². The molecular formula is C12H15NS. The maximum Gasteiger partial charge on any atom is 0.123 e. The van der Waals surface area contributed by atoms with Gasteiger partial charge in [-0.1, -0.05) is 43.7 Å². The number of hydrogen-bond acceptors (Lipinski definition) is 2. The molecule has 0 amide bonds. The average Bonchev–Trinajstić information content (AvgIpc) is 2.75. The van der Waals surface area contributed by atoms with E-state index in [4.69, 9.17) is 0 Å². The summed E-state index contributed by atoms with van der Waals surface area (Å²) in [4.78, 5) is 4.23. The summed E-state index contributed by atoms with van der Waals surface area (Å²) in [6.45, 7) is 6.09. The van der Waals surface area contributed by atoms with Crippen LogP contribution >= 0.6 is 11.3 Å². The van der Waals surface area contributed by atoms with Crippen LogP contribution in [0.3, 0.4) is 0 Å². The van der Waals surface area contributed by atoms with Gasteiger partial charge in [0.15, 0.2) is 0 Å². The van der Waals surface area contributed by atoms with E-state index in [2.05, 4.69) is 36.2 Å². The Morgan fingerprint density at radius 3 is 2.21 bits per heavy atom. The van der Waals surface area contributed by atoms with Crippen molar-refractivity contribution in [1.29, 1.82) is 0 Å². The molecule has 14 heavy (non-hydrogen) atoms. The smallest absolute Gasteiger partial charge is 0.123 e. The fourth-order valence-electron chi connectivity index (χ4n) is 1.06. The number of thiazole rings is 1. The van der Waals surface area contributed by atoms with Crippen LogP contribution in [-0.2, 0) is 0 Å². The molecule has 0 unspecified atom stereocenters. The third kappa shape index (κ3) is 2.67. The lowest BCUT2D eigenvalue weighted by Crippen LogP contribution is -1.75. The van der Waals surface area contributed by atoms with Gasteiger partial charge in [-0.05, 0) is 6.92 Å². The first-order chi connectivity index (χ1) is 6.86. The number of nitrogens with zero attached hydrogens (tertiary/aromatic N) is 1. The van der Waals surface area contributed by atoms with E-state index < -0.39 is 0 Å². The second-order valence-corrected chi connectivity index (χ2v) is 3.60. The molecule has 0 spiro atoms.